The van der Waals surface area contributed by atoms with Gasteiger partial charge in [0.1, 0.15) is 11.6 Å². The average Bonchev–Trinajstić information content (AvgIpc) is 2.46. The number of benzene rings is 1. The first-order valence-corrected chi connectivity index (χ1v) is 7.01. The van der Waals surface area contributed by atoms with Gasteiger partial charge in [-0.2, -0.15) is 0 Å². The highest BCUT2D eigenvalue weighted by Crippen LogP contribution is 2.12. The fourth-order valence-corrected chi connectivity index (χ4v) is 2.22. The van der Waals surface area contributed by atoms with Gasteiger partial charge < -0.3 is 20.5 Å². The summed E-state index contributed by atoms with van der Waals surface area (Å²) in [7, 11) is 0. The minimum absolute atomic E-state index is 0.0121. The summed E-state index contributed by atoms with van der Waals surface area (Å²) >= 11 is 0. The number of anilines is 1. The Balaban J connectivity index is 1.85. The summed E-state index contributed by atoms with van der Waals surface area (Å²) in [6.07, 6.45) is 0. The van der Waals surface area contributed by atoms with Crippen molar-refractivity contribution >= 4 is 11.7 Å². The van der Waals surface area contributed by atoms with Gasteiger partial charge in [-0.1, -0.05) is 0 Å². The van der Waals surface area contributed by atoms with Gasteiger partial charge >= 0.3 is 6.03 Å². The molecular weight excluding hydrogens is 296 g/mol. The summed E-state index contributed by atoms with van der Waals surface area (Å²) in [5.41, 5.74) is 0.0121. The minimum Gasteiger partial charge on any atom is -0.394 e. The Morgan fingerprint density at radius 3 is 2.50 bits per heavy atom. The number of amides is 2. The van der Waals surface area contributed by atoms with Crippen LogP contribution in [0.15, 0.2) is 18.2 Å². The number of morpholine rings is 1. The zero-order valence-electron chi connectivity index (χ0n) is 12.0. The number of nitrogens with one attached hydrogen (secondary N) is 2. The van der Waals surface area contributed by atoms with E-state index in [2.05, 4.69) is 15.5 Å². The van der Waals surface area contributed by atoms with Gasteiger partial charge in [-0.3, -0.25) is 4.90 Å². The molecule has 22 heavy (non-hydrogen) atoms. The summed E-state index contributed by atoms with van der Waals surface area (Å²) in [6, 6.07) is 1.64. The van der Waals surface area contributed by atoms with E-state index in [4.69, 9.17) is 4.74 Å². The molecule has 1 fully saturated rings. The van der Waals surface area contributed by atoms with Crippen molar-refractivity contribution in [2.24, 2.45) is 0 Å². The van der Waals surface area contributed by atoms with Crippen molar-refractivity contribution in [3.05, 3.63) is 29.8 Å². The van der Waals surface area contributed by atoms with Crippen LogP contribution in [-0.2, 0) is 4.74 Å². The van der Waals surface area contributed by atoms with E-state index in [1.165, 1.54) is 0 Å². The molecule has 1 heterocycles. The number of aliphatic hydroxyl groups excluding tert-OH is 1. The lowest BCUT2D eigenvalue weighted by atomic mass is 10.2. The van der Waals surface area contributed by atoms with E-state index in [1.54, 1.807) is 0 Å². The van der Waals surface area contributed by atoms with Crippen molar-refractivity contribution in [2.45, 2.75) is 6.04 Å². The van der Waals surface area contributed by atoms with E-state index in [0.29, 0.717) is 19.8 Å². The maximum absolute atomic E-state index is 13.0. The number of nitrogens with zero attached hydrogens (tertiary/aromatic N) is 1. The van der Waals surface area contributed by atoms with Crippen LogP contribution >= 0.6 is 0 Å². The third kappa shape index (κ3) is 5.21. The maximum Gasteiger partial charge on any atom is 0.319 e. The van der Waals surface area contributed by atoms with Gasteiger partial charge in [-0.05, 0) is 12.1 Å². The Hall–Kier alpha value is -1.77. The molecule has 0 saturated carbocycles. The van der Waals surface area contributed by atoms with Crippen molar-refractivity contribution in [1.82, 2.24) is 10.2 Å². The van der Waals surface area contributed by atoms with Gasteiger partial charge in [-0.25, -0.2) is 13.6 Å². The predicted octanol–water partition coefficient (Wildman–Crippen LogP) is 0.779. The summed E-state index contributed by atoms with van der Waals surface area (Å²) in [6.45, 7) is 2.94. The van der Waals surface area contributed by atoms with Crippen LogP contribution in [0.2, 0.25) is 0 Å². The van der Waals surface area contributed by atoms with Crippen molar-refractivity contribution in [2.75, 3.05) is 44.8 Å². The fourth-order valence-electron chi connectivity index (χ4n) is 2.22. The lowest BCUT2D eigenvalue weighted by Gasteiger charge is -2.30. The smallest absolute Gasteiger partial charge is 0.319 e. The van der Waals surface area contributed by atoms with Crippen LogP contribution in [0.4, 0.5) is 19.3 Å². The summed E-state index contributed by atoms with van der Waals surface area (Å²) in [4.78, 5) is 13.9. The highest BCUT2D eigenvalue weighted by Gasteiger charge is 2.18. The Kier molecular flexibility index (Phi) is 6.05. The summed E-state index contributed by atoms with van der Waals surface area (Å²) in [5, 5.41) is 14.3. The highest BCUT2D eigenvalue weighted by molar-refractivity contribution is 5.89. The van der Waals surface area contributed by atoms with Gasteiger partial charge in [0.15, 0.2) is 0 Å². The molecule has 0 aliphatic carbocycles. The van der Waals surface area contributed by atoms with Crippen LogP contribution in [0.1, 0.15) is 0 Å². The van der Waals surface area contributed by atoms with Crippen LogP contribution in [0.5, 0.6) is 0 Å². The van der Waals surface area contributed by atoms with Crippen LogP contribution in [0, 0.1) is 11.6 Å². The molecule has 0 aromatic heterocycles. The predicted molar refractivity (Wildman–Crippen MR) is 76.6 cm³/mol. The standard InChI is InChI=1S/C14H19F2N3O3/c15-10-5-11(16)7-12(6-10)17-14(21)18-13(9-20)8-19-1-3-22-4-2-19/h5-7,13,20H,1-4,8-9H2,(H2,17,18,21). The number of urea groups is 1. The van der Waals surface area contributed by atoms with Gasteiger partial charge in [0, 0.05) is 31.4 Å². The van der Waals surface area contributed by atoms with Crippen LogP contribution in [-0.4, -0.2) is 61.5 Å². The number of hydrogen-bond donors (Lipinski definition) is 3. The number of ether oxygens (including phenoxy) is 1. The molecule has 0 radical (unpaired) electrons. The SMILES string of the molecule is O=C(Nc1cc(F)cc(F)c1)NC(CO)CN1CCOCC1. The van der Waals surface area contributed by atoms with Gasteiger partial charge in [0.05, 0.1) is 25.9 Å². The minimum atomic E-state index is -0.776. The van der Waals surface area contributed by atoms with E-state index in [1.807, 2.05) is 0 Å². The lowest BCUT2D eigenvalue weighted by Crippen LogP contribution is -2.49. The number of hydrogen-bond acceptors (Lipinski definition) is 4. The van der Waals surface area contributed by atoms with Crippen molar-refractivity contribution in [3.63, 3.8) is 0 Å². The first-order chi connectivity index (χ1) is 10.6. The molecule has 1 atom stereocenters. The molecule has 122 valence electrons. The molecule has 0 bridgehead atoms. The molecule has 1 saturated heterocycles. The second-order valence-electron chi connectivity index (χ2n) is 5.05. The maximum atomic E-state index is 13.0. The second kappa shape index (κ2) is 8.02. The number of carbonyl (C=O) groups excluding carboxylic acids is 1. The molecule has 1 aliphatic heterocycles. The zero-order valence-corrected chi connectivity index (χ0v) is 12.0. The first-order valence-electron chi connectivity index (χ1n) is 7.01. The van der Waals surface area contributed by atoms with Crippen LogP contribution < -0.4 is 10.6 Å². The molecule has 2 rings (SSSR count). The number of aliphatic hydroxyl groups is 1. The van der Waals surface area contributed by atoms with Crippen molar-refractivity contribution < 1.29 is 23.4 Å². The summed E-state index contributed by atoms with van der Waals surface area (Å²) < 4.78 is 31.3. The Bertz CT molecular complexity index is 490. The number of halogens is 2. The van der Waals surface area contributed by atoms with Gasteiger partial charge in [-0.15, -0.1) is 0 Å². The molecule has 0 spiro atoms. The molecule has 2 amide bonds. The monoisotopic (exact) mass is 315 g/mol. The van der Waals surface area contributed by atoms with Gasteiger partial charge in [0.2, 0.25) is 0 Å². The molecule has 8 heteroatoms. The van der Waals surface area contributed by atoms with Crippen molar-refractivity contribution in [3.8, 4) is 0 Å². The molecule has 3 N–H and O–H groups in total. The van der Waals surface area contributed by atoms with Crippen molar-refractivity contribution in [1.29, 1.82) is 0 Å². The third-order valence-electron chi connectivity index (χ3n) is 3.26. The van der Waals surface area contributed by atoms with E-state index < -0.39 is 23.7 Å². The summed E-state index contributed by atoms with van der Waals surface area (Å²) in [5.74, 6) is -1.55. The lowest BCUT2D eigenvalue weighted by molar-refractivity contribution is 0.0308. The van der Waals surface area contributed by atoms with E-state index in [9.17, 15) is 18.7 Å². The highest BCUT2D eigenvalue weighted by atomic mass is 19.1. The van der Waals surface area contributed by atoms with Crippen LogP contribution in [0.3, 0.4) is 0 Å². The Morgan fingerprint density at radius 1 is 1.27 bits per heavy atom. The van der Waals surface area contributed by atoms with Gasteiger partial charge in [0.25, 0.3) is 0 Å². The molecule has 1 unspecified atom stereocenters. The third-order valence-corrected chi connectivity index (χ3v) is 3.26. The topological polar surface area (TPSA) is 73.8 Å². The fraction of sp³-hybridized carbons (Fsp3) is 0.500. The largest absolute Gasteiger partial charge is 0.394 e. The van der Waals surface area contributed by atoms with Crippen LogP contribution in [0.25, 0.3) is 0 Å². The number of rotatable bonds is 5. The van der Waals surface area contributed by atoms with E-state index in [-0.39, 0.29) is 12.3 Å². The molecule has 1 aromatic carbocycles. The number of carbonyl (C=O) groups is 1. The zero-order chi connectivity index (χ0) is 15.9. The normalized spacial score (nSPS) is 17.0. The second-order valence-corrected chi connectivity index (χ2v) is 5.05. The quantitative estimate of drug-likeness (QED) is 0.751. The molecule has 1 aliphatic rings. The first kappa shape index (κ1) is 16.6. The molecule has 1 aromatic rings. The molecular formula is C14H19F2N3O3. The molecule has 6 nitrogen and oxygen atoms in total. The Morgan fingerprint density at radius 2 is 1.91 bits per heavy atom. The van der Waals surface area contributed by atoms with E-state index in [0.717, 1.165) is 31.3 Å². The van der Waals surface area contributed by atoms with E-state index >= 15 is 0 Å². The Labute approximate surface area is 127 Å². The average molecular weight is 315 g/mol.